The van der Waals surface area contributed by atoms with E-state index in [0.29, 0.717) is 32.8 Å². The average molecular weight is 629 g/mol. The van der Waals surface area contributed by atoms with Gasteiger partial charge in [0.05, 0.1) is 17.7 Å². The first kappa shape index (κ1) is 33.5. The molecule has 8 heteroatoms. The maximum atomic E-state index is 14.6. The molecule has 1 saturated heterocycles. The van der Waals surface area contributed by atoms with Gasteiger partial charge in [0, 0.05) is 41.5 Å². The molecule has 1 spiro atoms. The standard InChI is InChI=1S/C35H47Cl2N3O3/c1-23(2)13-17-39-18-15-35(16-19-39)38-31(27-20-28(36)22-29(37)21-27)32(41)40(35)30(12-14-34(5,6)7)25-8-10-26(11-9-25)33(42)43-24(3)4/h8-11,20-24,30H,12-19H2,1-7H3/t30-/m1/s1. The molecule has 0 radical (unpaired) electrons. The number of piperidine rings is 1. The first-order valence-electron chi connectivity index (χ1n) is 15.6. The third-order valence-corrected chi connectivity index (χ3v) is 8.79. The Morgan fingerprint density at radius 2 is 1.58 bits per heavy atom. The minimum absolute atomic E-state index is 0.0690. The molecule has 4 rings (SSSR count). The van der Waals surface area contributed by atoms with Gasteiger partial charge in [0.2, 0.25) is 0 Å². The number of carbonyl (C=O) groups is 2. The lowest BCUT2D eigenvalue weighted by Crippen LogP contribution is -2.55. The second kappa shape index (κ2) is 13.7. The van der Waals surface area contributed by atoms with Crippen LogP contribution in [0.4, 0.5) is 0 Å². The highest BCUT2D eigenvalue weighted by molar-refractivity contribution is 6.47. The summed E-state index contributed by atoms with van der Waals surface area (Å²) in [5.41, 5.74) is 1.94. The predicted molar refractivity (Wildman–Crippen MR) is 176 cm³/mol. The van der Waals surface area contributed by atoms with E-state index >= 15 is 0 Å². The van der Waals surface area contributed by atoms with Gasteiger partial charge in [0.25, 0.3) is 5.91 Å². The zero-order chi connectivity index (χ0) is 31.5. The fourth-order valence-corrected chi connectivity index (χ4v) is 6.52. The van der Waals surface area contributed by atoms with Crippen LogP contribution >= 0.6 is 23.2 Å². The highest BCUT2D eigenvalue weighted by atomic mass is 35.5. The minimum atomic E-state index is -0.673. The molecule has 2 aliphatic rings. The van der Waals surface area contributed by atoms with Crippen LogP contribution in [0.5, 0.6) is 0 Å². The quantitative estimate of drug-likeness (QED) is 0.247. The third-order valence-electron chi connectivity index (χ3n) is 8.36. The summed E-state index contributed by atoms with van der Waals surface area (Å²) < 4.78 is 5.41. The molecular weight excluding hydrogens is 581 g/mol. The van der Waals surface area contributed by atoms with Crippen LogP contribution in [0.1, 0.15) is 108 Å². The SMILES string of the molecule is CC(C)CCN1CCC2(CC1)N=C(c1cc(Cl)cc(Cl)c1)C(=O)N2[C@H](CCC(C)(C)C)c1ccc(C(=O)OC(C)C)cc1. The highest BCUT2D eigenvalue weighted by Crippen LogP contribution is 2.45. The number of aliphatic imine (C=N–C) groups is 1. The van der Waals surface area contributed by atoms with E-state index < -0.39 is 5.66 Å². The van der Waals surface area contributed by atoms with Crippen LogP contribution in [0.15, 0.2) is 47.5 Å². The van der Waals surface area contributed by atoms with Crippen LogP contribution in [0.3, 0.4) is 0 Å². The van der Waals surface area contributed by atoms with E-state index in [1.807, 2.05) is 43.0 Å². The van der Waals surface area contributed by atoms with Crippen molar-refractivity contribution in [1.82, 2.24) is 9.80 Å². The molecule has 2 aliphatic heterocycles. The van der Waals surface area contributed by atoms with Gasteiger partial charge in [-0.3, -0.25) is 9.79 Å². The highest BCUT2D eigenvalue weighted by Gasteiger charge is 2.51. The fraction of sp³-hybridized carbons (Fsp3) is 0.571. The third kappa shape index (κ3) is 8.40. The molecule has 43 heavy (non-hydrogen) atoms. The van der Waals surface area contributed by atoms with Crippen molar-refractivity contribution in [3.63, 3.8) is 0 Å². The molecule has 1 fully saturated rings. The summed E-state index contributed by atoms with van der Waals surface area (Å²) >= 11 is 12.8. The van der Waals surface area contributed by atoms with E-state index in [-0.39, 0.29) is 29.4 Å². The molecule has 2 aromatic rings. The molecule has 0 N–H and O–H groups in total. The maximum absolute atomic E-state index is 14.6. The van der Waals surface area contributed by atoms with E-state index in [9.17, 15) is 9.59 Å². The molecule has 0 unspecified atom stereocenters. The van der Waals surface area contributed by atoms with E-state index in [1.165, 1.54) is 0 Å². The predicted octanol–water partition coefficient (Wildman–Crippen LogP) is 8.60. The molecule has 0 aromatic heterocycles. The minimum Gasteiger partial charge on any atom is -0.459 e. The van der Waals surface area contributed by atoms with Gasteiger partial charge in [-0.15, -0.1) is 0 Å². The molecule has 6 nitrogen and oxygen atoms in total. The van der Waals surface area contributed by atoms with E-state index in [4.69, 9.17) is 32.9 Å². The monoisotopic (exact) mass is 627 g/mol. The van der Waals surface area contributed by atoms with Gasteiger partial charge in [-0.1, -0.05) is 70.0 Å². The Hall–Kier alpha value is -2.41. The van der Waals surface area contributed by atoms with Gasteiger partial charge in [-0.25, -0.2) is 4.79 Å². The summed E-state index contributed by atoms with van der Waals surface area (Å²) in [7, 11) is 0. The Bertz CT molecular complexity index is 1300. The van der Waals surface area contributed by atoms with Crippen LogP contribution in [0, 0.1) is 11.3 Å². The van der Waals surface area contributed by atoms with Gasteiger partial charge in [0.15, 0.2) is 0 Å². The van der Waals surface area contributed by atoms with Crippen molar-refractivity contribution in [3.05, 3.63) is 69.2 Å². The van der Waals surface area contributed by atoms with Gasteiger partial charge >= 0.3 is 5.97 Å². The van der Waals surface area contributed by atoms with Crippen LogP contribution in [-0.2, 0) is 9.53 Å². The Balaban J connectivity index is 1.75. The number of rotatable bonds is 10. The van der Waals surface area contributed by atoms with Crippen LogP contribution < -0.4 is 0 Å². The van der Waals surface area contributed by atoms with E-state index in [1.54, 1.807) is 18.2 Å². The zero-order valence-electron chi connectivity index (χ0n) is 26.8. The number of hydrogen-bond donors (Lipinski definition) is 0. The number of esters is 1. The summed E-state index contributed by atoms with van der Waals surface area (Å²) in [5.74, 6) is 0.190. The Labute approximate surface area is 267 Å². The normalized spacial score (nSPS) is 18.1. The van der Waals surface area contributed by atoms with Crippen molar-refractivity contribution in [2.75, 3.05) is 19.6 Å². The maximum Gasteiger partial charge on any atom is 0.338 e. The Morgan fingerprint density at radius 3 is 2.12 bits per heavy atom. The van der Waals surface area contributed by atoms with Crippen molar-refractivity contribution >= 4 is 40.8 Å². The molecule has 0 bridgehead atoms. The zero-order valence-corrected chi connectivity index (χ0v) is 28.3. The number of hydrogen-bond acceptors (Lipinski definition) is 5. The molecule has 0 saturated carbocycles. The number of amides is 1. The second-order valence-electron chi connectivity index (χ2n) is 14.0. The fourth-order valence-electron chi connectivity index (χ4n) is 5.99. The van der Waals surface area contributed by atoms with Crippen molar-refractivity contribution in [2.24, 2.45) is 16.3 Å². The van der Waals surface area contributed by atoms with Crippen LogP contribution in [-0.4, -0.2) is 58.8 Å². The summed E-state index contributed by atoms with van der Waals surface area (Å²) in [6, 6.07) is 12.6. The summed E-state index contributed by atoms with van der Waals surface area (Å²) in [5, 5.41) is 0.948. The summed E-state index contributed by atoms with van der Waals surface area (Å²) in [4.78, 5) is 37.0. The average Bonchev–Trinajstić information content (AvgIpc) is 3.19. The molecule has 2 aromatic carbocycles. The number of ether oxygens (including phenoxy) is 1. The van der Waals surface area contributed by atoms with Crippen molar-refractivity contribution in [3.8, 4) is 0 Å². The number of benzene rings is 2. The lowest BCUT2D eigenvalue weighted by Gasteiger charge is -2.46. The Morgan fingerprint density at radius 1 is 0.977 bits per heavy atom. The number of carbonyl (C=O) groups excluding carboxylic acids is 2. The topological polar surface area (TPSA) is 62.2 Å². The molecule has 0 aliphatic carbocycles. The van der Waals surface area contributed by atoms with Gasteiger partial charge in [0.1, 0.15) is 11.4 Å². The summed E-state index contributed by atoms with van der Waals surface area (Å²) in [6.07, 6.45) is 4.12. The van der Waals surface area contributed by atoms with E-state index in [0.717, 1.165) is 57.3 Å². The first-order valence-corrected chi connectivity index (χ1v) is 16.4. The molecule has 2 heterocycles. The van der Waals surface area contributed by atoms with Crippen molar-refractivity contribution in [2.45, 2.75) is 98.4 Å². The summed E-state index contributed by atoms with van der Waals surface area (Å²) in [6.45, 7) is 17.6. The molecule has 1 atom stereocenters. The van der Waals surface area contributed by atoms with Gasteiger partial charge in [-0.05, 0) is 86.9 Å². The largest absolute Gasteiger partial charge is 0.459 e. The smallest absolute Gasteiger partial charge is 0.338 e. The van der Waals surface area contributed by atoms with Crippen molar-refractivity contribution < 1.29 is 14.3 Å². The van der Waals surface area contributed by atoms with E-state index in [2.05, 4.69) is 39.5 Å². The second-order valence-corrected chi connectivity index (χ2v) is 14.9. The van der Waals surface area contributed by atoms with Gasteiger partial charge < -0.3 is 14.5 Å². The first-order chi connectivity index (χ1) is 20.2. The number of nitrogens with zero attached hydrogens (tertiary/aromatic N) is 3. The lowest BCUT2D eigenvalue weighted by molar-refractivity contribution is -0.133. The van der Waals surface area contributed by atoms with Crippen LogP contribution in [0.2, 0.25) is 10.0 Å². The van der Waals surface area contributed by atoms with Crippen LogP contribution in [0.25, 0.3) is 0 Å². The molecular formula is C35H47Cl2N3O3. The lowest BCUT2D eigenvalue weighted by atomic mass is 9.84. The van der Waals surface area contributed by atoms with Crippen molar-refractivity contribution in [1.29, 1.82) is 0 Å². The molecule has 1 amide bonds. The number of likely N-dealkylation sites (tertiary alicyclic amines) is 1. The van der Waals surface area contributed by atoms with Gasteiger partial charge in [-0.2, -0.15) is 0 Å². The number of halogens is 2. The molecule has 234 valence electrons. The Kier molecular flexibility index (Phi) is 10.7.